The zero-order valence-electron chi connectivity index (χ0n) is 14.7. The van der Waals surface area contributed by atoms with Crippen LogP contribution in [0, 0.1) is 0 Å². The van der Waals surface area contributed by atoms with Crippen LogP contribution in [0.5, 0.6) is 0 Å². The van der Waals surface area contributed by atoms with Crippen LogP contribution >= 0.6 is 0 Å². The number of aromatic nitrogens is 1. The maximum atomic E-state index is 12.0. The second kappa shape index (κ2) is 8.44. The Bertz CT molecular complexity index is 836. The van der Waals surface area contributed by atoms with Gasteiger partial charge in [-0.05, 0) is 30.7 Å². The van der Waals surface area contributed by atoms with Crippen LogP contribution in [-0.2, 0) is 16.1 Å². The van der Waals surface area contributed by atoms with Crippen molar-refractivity contribution in [2.45, 2.75) is 13.5 Å². The molecule has 0 aliphatic carbocycles. The Morgan fingerprint density at radius 2 is 1.88 bits per heavy atom. The standard InChI is InChI=1S/C19H22N4O3/c1-15(20-21-18(24)14-23-9-3-2-4-19(23)25)16-5-7-17(8-6-16)22-10-12-26-13-11-22/h2-9H,10-14H2,1H3,(H,21,24)/b20-15-. The number of nitrogens with zero attached hydrogens (tertiary/aromatic N) is 3. The topological polar surface area (TPSA) is 75.9 Å². The highest BCUT2D eigenvalue weighted by Gasteiger charge is 2.11. The number of hydrogen-bond donors (Lipinski definition) is 1. The number of hydrogen-bond acceptors (Lipinski definition) is 5. The molecule has 1 amide bonds. The van der Waals surface area contributed by atoms with Crippen LogP contribution in [0.2, 0.25) is 0 Å². The number of morpholine rings is 1. The number of pyridine rings is 1. The Balaban J connectivity index is 1.59. The molecule has 0 unspecified atom stereocenters. The van der Waals surface area contributed by atoms with E-state index < -0.39 is 0 Å². The molecule has 1 saturated heterocycles. The fraction of sp³-hybridized carbons (Fsp3) is 0.316. The number of rotatable bonds is 5. The quantitative estimate of drug-likeness (QED) is 0.647. The van der Waals surface area contributed by atoms with Crippen LogP contribution in [0.25, 0.3) is 0 Å². The van der Waals surface area contributed by atoms with Gasteiger partial charge in [-0.25, -0.2) is 5.43 Å². The van der Waals surface area contributed by atoms with Crippen molar-refractivity contribution in [3.05, 3.63) is 64.6 Å². The minimum absolute atomic E-state index is 0.0631. The third-order valence-corrected chi connectivity index (χ3v) is 4.22. The van der Waals surface area contributed by atoms with Gasteiger partial charge in [-0.2, -0.15) is 5.10 Å². The lowest BCUT2D eigenvalue weighted by Gasteiger charge is -2.28. The summed E-state index contributed by atoms with van der Waals surface area (Å²) in [5, 5.41) is 4.13. The van der Waals surface area contributed by atoms with Crippen molar-refractivity contribution in [2.75, 3.05) is 31.2 Å². The smallest absolute Gasteiger partial charge is 0.260 e. The lowest BCUT2D eigenvalue weighted by atomic mass is 10.1. The summed E-state index contributed by atoms with van der Waals surface area (Å²) in [6, 6.07) is 12.8. The van der Waals surface area contributed by atoms with E-state index in [1.807, 2.05) is 31.2 Å². The Morgan fingerprint density at radius 3 is 2.58 bits per heavy atom. The highest BCUT2D eigenvalue weighted by molar-refractivity contribution is 5.99. The zero-order chi connectivity index (χ0) is 18.4. The van der Waals surface area contributed by atoms with E-state index in [2.05, 4.69) is 15.4 Å². The van der Waals surface area contributed by atoms with Crippen LogP contribution in [0.3, 0.4) is 0 Å². The summed E-state index contributed by atoms with van der Waals surface area (Å²) in [5.41, 5.74) is 5.06. The van der Waals surface area contributed by atoms with Gasteiger partial charge in [-0.1, -0.05) is 18.2 Å². The molecule has 3 rings (SSSR count). The maximum Gasteiger partial charge on any atom is 0.260 e. The van der Waals surface area contributed by atoms with Crippen molar-refractivity contribution in [3.63, 3.8) is 0 Å². The summed E-state index contributed by atoms with van der Waals surface area (Å²) in [4.78, 5) is 25.9. The molecule has 7 nitrogen and oxygen atoms in total. The van der Waals surface area contributed by atoms with Gasteiger partial charge in [0.2, 0.25) is 0 Å². The Hall–Kier alpha value is -2.93. The Morgan fingerprint density at radius 1 is 1.15 bits per heavy atom. The SMILES string of the molecule is C/C(=N/NC(=O)Cn1ccccc1=O)c1ccc(N2CCOCC2)cc1. The Labute approximate surface area is 151 Å². The normalized spacial score (nSPS) is 15.0. The number of anilines is 1. The van der Waals surface area contributed by atoms with E-state index in [-0.39, 0.29) is 18.0 Å². The second-order valence-corrected chi connectivity index (χ2v) is 6.05. The molecular formula is C19H22N4O3. The highest BCUT2D eigenvalue weighted by Crippen LogP contribution is 2.17. The third kappa shape index (κ3) is 4.58. The average molecular weight is 354 g/mol. The van der Waals surface area contributed by atoms with Gasteiger partial charge in [-0.3, -0.25) is 9.59 Å². The predicted molar refractivity (Wildman–Crippen MR) is 101 cm³/mol. The molecule has 2 aromatic rings. The first-order valence-electron chi connectivity index (χ1n) is 8.55. The molecule has 0 radical (unpaired) electrons. The first kappa shape index (κ1) is 17.9. The minimum Gasteiger partial charge on any atom is -0.378 e. The number of nitrogens with one attached hydrogen (secondary N) is 1. The summed E-state index contributed by atoms with van der Waals surface area (Å²) < 4.78 is 6.70. The number of carbonyl (C=O) groups is 1. The van der Waals surface area contributed by atoms with Gasteiger partial charge in [0.15, 0.2) is 0 Å². The van der Waals surface area contributed by atoms with E-state index >= 15 is 0 Å². The average Bonchev–Trinajstić information content (AvgIpc) is 2.69. The molecule has 7 heteroatoms. The van der Waals surface area contributed by atoms with E-state index in [0.29, 0.717) is 5.71 Å². The molecule has 0 bridgehead atoms. The van der Waals surface area contributed by atoms with E-state index in [9.17, 15) is 9.59 Å². The molecule has 1 aliphatic heterocycles. The van der Waals surface area contributed by atoms with Gasteiger partial charge in [0, 0.05) is 31.0 Å². The van der Waals surface area contributed by atoms with Crippen molar-refractivity contribution in [3.8, 4) is 0 Å². The molecule has 0 spiro atoms. The molecule has 1 aromatic carbocycles. The van der Waals surface area contributed by atoms with Crippen LogP contribution in [0.1, 0.15) is 12.5 Å². The van der Waals surface area contributed by atoms with Crippen molar-refractivity contribution >= 4 is 17.3 Å². The predicted octanol–water partition coefficient (Wildman–Crippen LogP) is 1.23. The van der Waals surface area contributed by atoms with Crippen LogP contribution in [0.4, 0.5) is 5.69 Å². The number of carbonyl (C=O) groups excluding carboxylic acids is 1. The number of amides is 1. The van der Waals surface area contributed by atoms with E-state index in [1.165, 1.54) is 10.6 Å². The summed E-state index contributed by atoms with van der Waals surface area (Å²) in [5.74, 6) is -0.345. The minimum atomic E-state index is -0.345. The third-order valence-electron chi connectivity index (χ3n) is 4.22. The van der Waals surface area contributed by atoms with Gasteiger partial charge in [0.05, 0.1) is 18.9 Å². The summed E-state index contributed by atoms with van der Waals surface area (Å²) in [6.07, 6.45) is 1.57. The van der Waals surface area contributed by atoms with Gasteiger partial charge < -0.3 is 14.2 Å². The van der Waals surface area contributed by atoms with Gasteiger partial charge in [-0.15, -0.1) is 0 Å². The second-order valence-electron chi connectivity index (χ2n) is 6.05. The molecule has 0 saturated carbocycles. The molecule has 2 heterocycles. The van der Waals surface area contributed by atoms with E-state index in [1.54, 1.807) is 18.3 Å². The number of ether oxygens (including phenoxy) is 1. The molecule has 136 valence electrons. The lowest BCUT2D eigenvalue weighted by molar-refractivity contribution is -0.121. The molecule has 1 aromatic heterocycles. The lowest BCUT2D eigenvalue weighted by Crippen LogP contribution is -2.36. The maximum absolute atomic E-state index is 12.0. The fourth-order valence-electron chi connectivity index (χ4n) is 2.73. The first-order valence-corrected chi connectivity index (χ1v) is 8.55. The van der Waals surface area contributed by atoms with E-state index in [4.69, 9.17) is 4.74 Å². The van der Waals surface area contributed by atoms with Crippen molar-refractivity contribution in [1.82, 2.24) is 9.99 Å². The number of hydrazone groups is 1. The summed E-state index contributed by atoms with van der Waals surface area (Å²) >= 11 is 0. The zero-order valence-corrected chi connectivity index (χ0v) is 14.7. The van der Waals surface area contributed by atoms with Crippen molar-refractivity contribution in [1.29, 1.82) is 0 Å². The fourth-order valence-corrected chi connectivity index (χ4v) is 2.73. The van der Waals surface area contributed by atoms with Crippen molar-refractivity contribution < 1.29 is 9.53 Å². The van der Waals surface area contributed by atoms with Crippen molar-refractivity contribution in [2.24, 2.45) is 5.10 Å². The molecule has 0 atom stereocenters. The van der Waals surface area contributed by atoms with Gasteiger partial charge in [0.25, 0.3) is 11.5 Å². The van der Waals surface area contributed by atoms with E-state index in [0.717, 1.165) is 37.6 Å². The summed E-state index contributed by atoms with van der Waals surface area (Å²) in [6.45, 7) is 5.05. The molecule has 1 aliphatic rings. The van der Waals surface area contributed by atoms with Gasteiger partial charge >= 0.3 is 0 Å². The van der Waals surface area contributed by atoms with Gasteiger partial charge in [0.1, 0.15) is 6.54 Å². The molecule has 1 fully saturated rings. The largest absolute Gasteiger partial charge is 0.378 e. The van der Waals surface area contributed by atoms with Crippen LogP contribution < -0.4 is 15.9 Å². The molecule has 1 N–H and O–H groups in total. The monoisotopic (exact) mass is 354 g/mol. The first-order chi connectivity index (χ1) is 12.6. The number of benzene rings is 1. The molecule has 26 heavy (non-hydrogen) atoms. The Kier molecular flexibility index (Phi) is 5.80. The highest BCUT2D eigenvalue weighted by atomic mass is 16.5. The molecular weight excluding hydrogens is 332 g/mol. The summed E-state index contributed by atoms with van der Waals surface area (Å²) in [7, 11) is 0. The van der Waals surface area contributed by atoms with Crippen LogP contribution in [0.15, 0.2) is 58.6 Å². The van der Waals surface area contributed by atoms with Crippen LogP contribution in [-0.4, -0.2) is 42.5 Å².